The first-order valence-electron chi connectivity index (χ1n) is 14.3. The zero-order chi connectivity index (χ0) is 30.8. The summed E-state index contributed by atoms with van der Waals surface area (Å²) >= 11 is 1.34. The van der Waals surface area contributed by atoms with E-state index in [1.54, 1.807) is 74.9 Å². The number of carbonyl (C=O) groups excluding carboxylic acids is 3. The Hall–Kier alpha value is -4.07. The highest BCUT2D eigenvalue weighted by Crippen LogP contribution is 2.24. The van der Waals surface area contributed by atoms with Gasteiger partial charge < -0.3 is 25.2 Å². The first-order valence-corrected chi connectivity index (χ1v) is 15.2. The fraction of sp³-hybridized carbons (Fsp3) is 0.433. The standard InChI is InChI=1S/C30H40N8O4S/c1-30(2,3)42-29(41)35-24-9-6-5-8-23(24)33-26(39)25-12-11-21(20-32-25)22(34-27(40)36-28-31-13-19-43-28)10-7-14-38-17-15-37(4)16-18-38/h5-6,8-9,11-13,19-20,22H,7,10,14-18H2,1-4H3,(H,33,39)(H,35,41)(H2,31,34,36,40). The number of piperazine rings is 1. The number of carbonyl (C=O) groups is 3. The molecule has 0 bridgehead atoms. The van der Waals surface area contributed by atoms with Gasteiger partial charge in [0.05, 0.1) is 17.4 Å². The Balaban J connectivity index is 1.40. The minimum atomic E-state index is -0.660. The van der Waals surface area contributed by atoms with Gasteiger partial charge >= 0.3 is 12.1 Å². The molecule has 0 radical (unpaired) electrons. The average molecular weight is 609 g/mol. The molecule has 0 spiro atoms. The zero-order valence-corrected chi connectivity index (χ0v) is 25.9. The van der Waals surface area contributed by atoms with Gasteiger partial charge in [0.15, 0.2) is 5.13 Å². The maximum Gasteiger partial charge on any atom is 0.412 e. The number of anilines is 3. The summed E-state index contributed by atoms with van der Waals surface area (Å²) < 4.78 is 5.33. The Morgan fingerprint density at radius 3 is 2.33 bits per heavy atom. The van der Waals surface area contributed by atoms with E-state index in [-0.39, 0.29) is 17.8 Å². The number of pyridine rings is 1. The summed E-state index contributed by atoms with van der Waals surface area (Å²) in [5.74, 6) is -0.439. The molecule has 4 rings (SSSR count). The van der Waals surface area contributed by atoms with Crippen molar-refractivity contribution in [2.75, 3.05) is 55.7 Å². The highest BCUT2D eigenvalue weighted by molar-refractivity contribution is 7.13. The number of hydrogen-bond acceptors (Lipinski definition) is 9. The van der Waals surface area contributed by atoms with Crippen molar-refractivity contribution in [3.63, 3.8) is 0 Å². The molecule has 1 unspecified atom stereocenters. The van der Waals surface area contributed by atoms with Crippen LogP contribution >= 0.6 is 11.3 Å². The molecule has 1 aromatic carbocycles. The van der Waals surface area contributed by atoms with Gasteiger partial charge in [-0.15, -0.1) is 11.3 Å². The number of benzene rings is 1. The second-order valence-corrected chi connectivity index (χ2v) is 12.3. The lowest BCUT2D eigenvalue weighted by molar-refractivity contribution is 0.0635. The number of urea groups is 1. The molecule has 0 saturated carbocycles. The number of likely N-dealkylation sites (N-methyl/N-ethyl adjacent to an activating group) is 1. The summed E-state index contributed by atoms with van der Waals surface area (Å²) in [6, 6.07) is 9.62. The molecule has 13 heteroatoms. The minimum Gasteiger partial charge on any atom is -0.444 e. The van der Waals surface area contributed by atoms with E-state index in [0.29, 0.717) is 22.9 Å². The third-order valence-electron chi connectivity index (χ3n) is 6.75. The summed E-state index contributed by atoms with van der Waals surface area (Å²) in [6.45, 7) is 10.4. The molecule has 12 nitrogen and oxygen atoms in total. The number of nitrogens with zero attached hydrogens (tertiary/aromatic N) is 4. The van der Waals surface area contributed by atoms with Crippen LogP contribution in [0.3, 0.4) is 0 Å². The second kappa shape index (κ2) is 14.9. The lowest BCUT2D eigenvalue weighted by Crippen LogP contribution is -2.44. The van der Waals surface area contributed by atoms with Gasteiger partial charge in [0, 0.05) is 44.0 Å². The molecule has 1 atom stereocenters. The van der Waals surface area contributed by atoms with Crippen LogP contribution in [-0.2, 0) is 4.74 Å². The van der Waals surface area contributed by atoms with Crippen molar-refractivity contribution < 1.29 is 19.1 Å². The van der Waals surface area contributed by atoms with Crippen LogP contribution in [0, 0.1) is 0 Å². The number of thiazole rings is 1. The topological polar surface area (TPSA) is 141 Å². The lowest BCUT2D eigenvalue weighted by Gasteiger charge is -2.32. The molecule has 4 amide bonds. The summed E-state index contributed by atoms with van der Waals surface area (Å²) in [5.41, 5.74) is 1.13. The van der Waals surface area contributed by atoms with Crippen LogP contribution in [0.2, 0.25) is 0 Å². The van der Waals surface area contributed by atoms with Gasteiger partial charge in [0.2, 0.25) is 0 Å². The summed E-state index contributed by atoms with van der Waals surface area (Å²) in [5, 5.41) is 13.6. The van der Waals surface area contributed by atoms with E-state index in [1.165, 1.54) is 11.3 Å². The van der Waals surface area contributed by atoms with Gasteiger partial charge in [-0.25, -0.2) is 14.6 Å². The molecule has 4 N–H and O–H groups in total. The van der Waals surface area contributed by atoms with Crippen LogP contribution in [0.1, 0.15) is 55.7 Å². The highest BCUT2D eigenvalue weighted by Gasteiger charge is 2.20. The molecule has 3 aromatic rings. The summed E-state index contributed by atoms with van der Waals surface area (Å²) in [7, 11) is 2.13. The van der Waals surface area contributed by atoms with Crippen molar-refractivity contribution in [3.05, 3.63) is 65.4 Å². The third kappa shape index (κ3) is 10.3. The summed E-state index contributed by atoms with van der Waals surface area (Å²) in [4.78, 5) is 51.4. The molecule has 1 saturated heterocycles. The Labute approximate surface area is 256 Å². The number of aromatic nitrogens is 2. The Morgan fingerprint density at radius 1 is 0.977 bits per heavy atom. The second-order valence-electron chi connectivity index (χ2n) is 11.4. The third-order valence-corrected chi connectivity index (χ3v) is 7.44. The van der Waals surface area contributed by atoms with Gasteiger partial charge in [-0.3, -0.25) is 20.4 Å². The maximum absolute atomic E-state index is 13.1. The van der Waals surface area contributed by atoms with E-state index in [1.807, 2.05) is 0 Å². The predicted octanol–water partition coefficient (Wildman–Crippen LogP) is 5.03. The lowest BCUT2D eigenvalue weighted by atomic mass is 10.0. The quantitative estimate of drug-likeness (QED) is 0.251. The molecule has 1 aliphatic heterocycles. The minimum absolute atomic E-state index is 0.194. The van der Waals surface area contributed by atoms with Crippen molar-refractivity contribution in [2.24, 2.45) is 0 Å². The van der Waals surface area contributed by atoms with Gasteiger partial charge in [0.1, 0.15) is 11.3 Å². The van der Waals surface area contributed by atoms with Crippen LogP contribution < -0.4 is 21.3 Å². The van der Waals surface area contributed by atoms with Crippen LogP contribution in [0.4, 0.5) is 26.1 Å². The Kier molecular flexibility index (Phi) is 11.0. The van der Waals surface area contributed by atoms with Crippen LogP contribution in [0.5, 0.6) is 0 Å². The van der Waals surface area contributed by atoms with Crippen LogP contribution in [0.25, 0.3) is 0 Å². The SMILES string of the molecule is CN1CCN(CCCC(NC(=O)Nc2nccs2)c2ccc(C(=O)Nc3ccccc3NC(=O)OC(C)(C)C)nc2)CC1. The van der Waals surface area contributed by atoms with E-state index in [2.05, 4.69) is 48.1 Å². The molecule has 0 aliphatic carbocycles. The van der Waals surface area contributed by atoms with E-state index >= 15 is 0 Å². The average Bonchev–Trinajstić information content (AvgIpc) is 3.46. The zero-order valence-electron chi connectivity index (χ0n) is 25.1. The van der Waals surface area contributed by atoms with Crippen molar-refractivity contribution in [3.8, 4) is 0 Å². The molecule has 1 fully saturated rings. The maximum atomic E-state index is 13.1. The molecular weight excluding hydrogens is 568 g/mol. The number of ether oxygens (including phenoxy) is 1. The number of hydrogen-bond donors (Lipinski definition) is 4. The first-order chi connectivity index (χ1) is 20.6. The van der Waals surface area contributed by atoms with Crippen molar-refractivity contribution >= 4 is 45.9 Å². The van der Waals surface area contributed by atoms with Gasteiger partial charge in [0.25, 0.3) is 5.91 Å². The van der Waals surface area contributed by atoms with Crippen LogP contribution in [-0.4, -0.2) is 83.2 Å². The van der Waals surface area contributed by atoms with Crippen molar-refractivity contribution in [2.45, 2.75) is 45.3 Å². The smallest absolute Gasteiger partial charge is 0.412 e. The van der Waals surface area contributed by atoms with E-state index in [4.69, 9.17) is 4.74 Å². The fourth-order valence-electron chi connectivity index (χ4n) is 4.54. The molecule has 2 aromatic heterocycles. The summed E-state index contributed by atoms with van der Waals surface area (Å²) in [6.07, 6.45) is 4.21. The molecule has 1 aliphatic rings. The highest BCUT2D eigenvalue weighted by atomic mass is 32.1. The molecular formula is C30H40N8O4S. The Morgan fingerprint density at radius 2 is 1.70 bits per heavy atom. The number of para-hydroxylation sites is 2. The number of nitrogens with one attached hydrogen (secondary N) is 4. The van der Waals surface area contributed by atoms with Crippen molar-refractivity contribution in [1.82, 2.24) is 25.1 Å². The fourth-order valence-corrected chi connectivity index (χ4v) is 5.06. The van der Waals surface area contributed by atoms with Gasteiger partial charge in [-0.05, 0) is 71.0 Å². The van der Waals surface area contributed by atoms with Crippen LogP contribution in [0.15, 0.2) is 54.2 Å². The molecule has 43 heavy (non-hydrogen) atoms. The number of amides is 4. The van der Waals surface area contributed by atoms with E-state index < -0.39 is 17.6 Å². The Bertz CT molecular complexity index is 1350. The molecule has 230 valence electrons. The monoisotopic (exact) mass is 608 g/mol. The van der Waals surface area contributed by atoms with E-state index in [9.17, 15) is 14.4 Å². The predicted molar refractivity (Wildman–Crippen MR) is 169 cm³/mol. The van der Waals surface area contributed by atoms with Gasteiger partial charge in [-0.2, -0.15) is 0 Å². The van der Waals surface area contributed by atoms with Gasteiger partial charge in [-0.1, -0.05) is 18.2 Å². The van der Waals surface area contributed by atoms with Crippen molar-refractivity contribution in [1.29, 1.82) is 0 Å². The largest absolute Gasteiger partial charge is 0.444 e. The normalized spacial score (nSPS) is 14.9. The molecule has 3 heterocycles. The number of rotatable bonds is 10. The first kappa shape index (κ1) is 31.9. The van der Waals surface area contributed by atoms with E-state index in [0.717, 1.165) is 44.7 Å².